The van der Waals surface area contributed by atoms with E-state index in [-0.39, 0.29) is 35.8 Å². The summed E-state index contributed by atoms with van der Waals surface area (Å²) in [5, 5.41) is 0. The van der Waals surface area contributed by atoms with Crippen LogP contribution in [0.15, 0.2) is 24.3 Å². The van der Waals surface area contributed by atoms with Crippen molar-refractivity contribution >= 4 is 17.8 Å². The van der Waals surface area contributed by atoms with Gasteiger partial charge < -0.3 is 4.74 Å². The van der Waals surface area contributed by atoms with Gasteiger partial charge in [-0.05, 0) is 37.5 Å². The quantitative estimate of drug-likeness (QED) is 0.591. The van der Waals surface area contributed by atoms with Crippen LogP contribution in [0, 0.1) is 11.8 Å². The minimum absolute atomic E-state index is 0.179. The van der Waals surface area contributed by atoms with Crippen LogP contribution < -0.4 is 0 Å². The number of imide groups is 1. The standard InChI is InChI=1S/C19H20F3NO4/c1-11(23-16(24)14-7-2-3-8-15(14)17(23)25)18(26)27-10-12-5-4-6-13(9-12)19(20,21)22/h4-6,9,11,14-15H,2-3,7-8,10H2,1H3. The molecule has 1 aliphatic heterocycles. The fourth-order valence-electron chi connectivity index (χ4n) is 3.79. The lowest BCUT2D eigenvalue weighted by molar-refractivity contribution is -0.159. The molecule has 0 radical (unpaired) electrons. The Morgan fingerprint density at radius 2 is 1.78 bits per heavy atom. The molecule has 1 aromatic carbocycles. The molecule has 5 nitrogen and oxygen atoms in total. The molecule has 2 aliphatic rings. The monoisotopic (exact) mass is 383 g/mol. The fraction of sp³-hybridized carbons (Fsp3) is 0.526. The molecule has 3 atom stereocenters. The summed E-state index contributed by atoms with van der Waals surface area (Å²) in [7, 11) is 0. The minimum atomic E-state index is -4.49. The number of carbonyl (C=O) groups excluding carboxylic acids is 3. The lowest BCUT2D eigenvalue weighted by atomic mass is 9.81. The molecule has 146 valence electrons. The van der Waals surface area contributed by atoms with Crippen molar-refractivity contribution < 1.29 is 32.3 Å². The van der Waals surface area contributed by atoms with Crippen molar-refractivity contribution in [2.45, 2.75) is 51.4 Å². The third-order valence-corrected chi connectivity index (χ3v) is 5.24. The van der Waals surface area contributed by atoms with Crippen molar-refractivity contribution in [2.75, 3.05) is 0 Å². The third kappa shape index (κ3) is 3.84. The molecule has 1 saturated carbocycles. The van der Waals surface area contributed by atoms with Gasteiger partial charge in [-0.3, -0.25) is 14.5 Å². The second-order valence-electron chi connectivity index (χ2n) is 7.03. The van der Waals surface area contributed by atoms with Crippen molar-refractivity contribution in [1.29, 1.82) is 0 Å². The molecule has 1 heterocycles. The number of halogens is 3. The summed E-state index contributed by atoms with van der Waals surface area (Å²) in [5.74, 6) is -2.26. The van der Waals surface area contributed by atoms with Gasteiger partial charge in [0.1, 0.15) is 12.6 Å². The number of benzene rings is 1. The summed E-state index contributed by atoms with van der Waals surface area (Å²) in [6.07, 6.45) is -1.46. The van der Waals surface area contributed by atoms with E-state index in [9.17, 15) is 27.6 Å². The highest BCUT2D eigenvalue weighted by Crippen LogP contribution is 2.39. The van der Waals surface area contributed by atoms with Crippen LogP contribution in [-0.4, -0.2) is 28.7 Å². The summed E-state index contributed by atoms with van der Waals surface area (Å²) in [4.78, 5) is 38.3. The van der Waals surface area contributed by atoms with Gasteiger partial charge in [0.15, 0.2) is 0 Å². The lowest BCUT2D eigenvalue weighted by Gasteiger charge is -2.21. The summed E-state index contributed by atoms with van der Waals surface area (Å²) in [6.45, 7) is 1.04. The van der Waals surface area contributed by atoms with Crippen LogP contribution in [0.4, 0.5) is 13.2 Å². The number of amides is 2. The Morgan fingerprint density at radius 3 is 2.33 bits per heavy atom. The average molecular weight is 383 g/mol. The first-order chi connectivity index (χ1) is 12.7. The molecule has 0 N–H and O–H groups in total. The molecular weight excluding hydrogens is 363 g/mol. The summed E-state index contributed by atoms with van der Waals surface area (Å²) >= 11 is 0. The molecule has 0 spiro atoms. The van der Waals surface area contributed by atoms with Gasteiger partial charge in [0.25, 0.3) is 0 Å². The number of nitrogens with zero attached hydrogens (tertiary/aromatic N) is 1. The Hall–Kier alpha value is -2.38. The molecule has 3 rings (SSSR count). The van der Waals surface area contributed by atoms with E-state index in [0.29, 0.717) is 12.8 Å². The predicted molar refractivity (Wildman–Crippen MR) is 88.0 cm³/mol. The lowest BCUT2D eigenvalue weighted by Crippen LogP contribution is -2.44. The van der Waals surface area contributed by atoms with Gasteiger partial charge in [-0.25, -0.2) is 4.79 Å². The number of carbonyl (C=O) groups is 3. The molecule has 2 fully saturated rings. The zero-order valence-electron chi connectivity index (χ0n) is 14.8. The molecule has 1 saturated heterocycles. The van der Waals surface area contributed by atoms with Crippen LogP contribution in [0.1, 0.15) is 43.7 Å². The largest absolute Gasteiger partial charge is 0.459 e. The van der Waals surface area contributed by atoms with E-state index in [1.165, 1.54) is 19.1 Å². The molecule has 27 heavy (non-hydrogen) atoms. The Morgan fingerprint density at radius 1 is 1.19 bits per heavy atom. The maximum Gasteiger partial charge on any atom is 0.416 e. The highest BCUT2D eigenvalue weighted by atomic mass is 19.4. The summed E-state index contributed by atoms with van der Waals surface area (Å²) < 4.78 is 43.3. The fourth-order valence-corrected chi connectivity index (χ4v) is 3.79. The first-order valence-corrected chi connectivity index (χ1v) is 8.90. The number of hydrogen-bond donors (Lipinski definition) is 0. The number of fused-ring (bicyclic) bond motifs is 1. The smallest absolute Gasteiger partial charge is 0.416 e. The van der Waals surface area contributed by atoms with Crippen molar-refractivity contribution in [3.05, 3.63) is 35.4 Å². The second-order valence-corrected chi connectivity index (χ2v) is 7.03. The van der Waals surface area contributed by atoms with Gasteiger partial charge in [-0.15, -0.1) is 0 Å². The van der Waals surface area contributed by atoms with Crippen LogP contribution in [0.2, 0.25) is 0 Å². The van der Waals surface area contributed by atoms with E-state index in [1.807, 2.05) is 0 Å². The first kappa shape index (κ1) is 19.4. The predicted octanol–water partition coefficient (Wildman–Crippen LogP) is 3.31. The minimum Gasteiger partial charge on any atom is -0.459 e. The number of rotatable bonds is 4. The van der Waals surface area contributed by atoms with Crippen molar-refractivity contribution in [3.8, 4) is 0 Å². The van der Waals surface area contributed by atoms with Crippen molar-refractivity contribution in [1.82, 2.24) is 4.90 Å². The SMILES string of the molecule is CC(C(=O)OCc1cccc(C(F)(F)F)c1)N1C(=O)C2CCCCC2C1=O. The second kappa shape index (κ2) is 7.32. The molecule has 8 heteroatoms. The van der Waals surface area contributed by atoms with E-state index < -0.39 is 23.8 Å². The van der Waals surface area contributed by atoms with Gasteiger partial charge in [0, 0.05) is 0 Å². The van der Waals surface area contributed by atoms with Gasteiger partial charge >= 0.3 is 12.1 Å². The molecule has 1 aliphatic carbocycles. The number of esters is 1. The number of ether oxygens (including phenoxy) is 1. The van der Waals surface area contributed by atoms with Gasteiger partial charge in [0.2, 0.25) is 11.8 Å². The van der Waals surface area contributed by atoms with E-state index in [0.717, 1.165) is 29.9 Å². The molecule has 3 unspecified atom stereocenters. The van der Waals surface area contributed by atoms with E-state index in [2.05, 4.69) is 0 Å². The van der Waals surface area contributed by atoms with Crippen LogP contribution in [-0.2, 0) is 31.9 Å². The maximum absolute atomic E-state index is 12.7. The Bertz CT molecular complexity index is 738. The highest BCUT2D eigenvalue weighted by molar-refractivity contribution is 6.07. The maximum atomic E-state index is 12.7. The van der Waals surface area contributed by atoms with Crippen molar-refractivity contribution in [3.63, 3.8) is 0 Å². The van der Waals surface area contributed by atoms with Gasteiger partial charge in [-0.1, -0.05) is 25.0 Å². The van der Waals surface area contributed by atoms with E-state index >= 15 is 0 Å². The Labute approximate surface area is 154 Å². The van der Waals surface area contributed by atoms with E-state index in [1.54, 1.807) is 0 Å². The zero-order valence-corrected chi connectivity index (χ0v) is 14.8. The summed E-state index contributed by atoms with van der Waals surface area (Å²) in [6, 6.07) is 3.37. The van der Waals surface area contributed by atoms with E-state index in [4.69, 9.17) is 4.74 Å². The van der Waals surface area contributed by atoms with Crippen LogP contribution in [0.5, 0.6) is 0 Å². The topological polar surface area (TPSA) is 63.7 Å². The van der Waals surface area contributed by atoms with Crippen LogP contribution in [0.3, 0.4) is 0 Å². The third-order valence-electron chi connectivity index (χ3n) is 5.24. The number of alkyl halides is 3. The molecular formula is C19H20F3NO4. The first-order valence-electron chi connectivity index (χ1n) is 8.90. The van der Waals surface area contributed by atoms with Gasteiger partial charge in [0.05, 0.1) is 17.4 Å². The Kier molecular flexibility index (Phi) is 5.26. The average Bonchev–Trinajstić information content (AvgIpc) is 2.90. The molecule has 0 aromatic heterocycles. The van der Waals surface area contributed by atoms with Crippen LogP contribution in [0.25, 0.3) is 0 Å². The molecule has 2 amide bonds. The van der Waals surface area contributed by atoms with Gasteiger partial charge in [-0.2, -0.15) is 13.2 Å². The Balaban J connectivity index is 1.65. The zero-order chi connectivity index (χ0) is 19.8. The number of likely N-dealkylation sites (tertiary alicyclic amines) is 1. The molecule has 1 aromatic rings. The highest BCUT2D eigenvalue weighted by Gasteiger charge is 2.51. The van der Waals surface area contributed by atoms with Crippen LogP contribution >= 0.6 is 0 Å². The molecule has 0 bridgehead atoms. The summed E-state index contributed by atoms with van der Waals surface area (Å²) in [5.41, 5.74) is -0.656. The van der Waals surface area contributed by atoms with Crippen molar-refractivity contribution in [2.24, 2.45) is 11.8 Å². The normalized spacial score (nSPS) is 23.9. The number of hydrogen-bond acceptors (Lipinski definition) is 4.